The second-order valence-corrected chi connectivity index (χ2v) is 7.92. The van der Waals surface area contributed by atoms with E-state index in [0.717, 1.165) is 42.4 Å². The highest BCUT2D eigenvalue weighted by Crippen LogP contribution is 2.29. The van der Waals surface area contributed by atoms with Crippen LogP contribution in [0.25, 0.3) is 0 Å². The number of nitrogens with zero attached hydrogens (tertiary/aromatic N) is 2. The quantitative estimate of drug-likeness (QED) is 0.392. The molecule has 0 atom stereocenters. The Balaban J connectivity index is 2.00. The Morgan fingerprint density at radius 1 is 0.793 bits per heavy atom. The van der Waals surface area contributed by atoms with Gasteiger partial charge in [-0.25, -0.2) is 0 Å². The fourth-order valence-electron chi connectivity index (χ4n) is 3.44. The molecule has 0 aliphatic rings. The highest BCUT2D eigenvalue weighted by atomic mass is 32.1. The van der Waals surface area contributed by atoms with Crippen LogP contribution < -0.4 is 4.90 Å². The van der Waals surface area contributed by atoms with Gasteiger partial charge in [-0.1, -0.05) is 67.9 Å². The second kappa shape index (κ2) is 10.2. The van der Waals surface area contributed by atoms with Crippen LogP contribution in [-0.4, -0.2) is 16.6 Å². The Morgan fingerprint density at radius 2 is 1.38 bits per heavy atom. The van der Waals surface area contributed by atoms with Crippen molar-refractivity contribution in [2.75, 3.05) is 11.4 Å². The first-order valence-electron chi connectivity index (χ1n) is 10.3. The second-order valence-electron chi connectivity index (χ2n) is 7.56. The summed E-state index contributed by atoms with van der Waals surface area (Å²) < 4.78 is 0. The summed E-state index contributed by atoms with van der Waals surface area (Å²) in [5, 5.41) is 0.846. The van der Waals surface area contributed by atoms with E-state index in [1.54, 1.807) is 0 Å². The number of anilines is 2. The van der Waals surface area contributed by atoms with Gasteiger partial charge in [0.1, 0.15) is 0 Å². The van der Waals surface area contributed by atoms with Gasteiger partial charge in [-0.05, 0) is 73.4 Å². The molecule has 0 saturated carbocycles. The maximum Gasteiger partial charge on any atom is 0.181 e. The Bertz CT molecular complexity index is 891. The minimum atomic E-state index is 0.813. The molecule has 3 aromatic carbocycles. The van der Waals surface area contributed by atoms with Crippen LogP contribution in [0.5, 0.6) is 0 Å². The Labute approximate surface area is 180 Å². The number of hydrogen-bond acceptors (Lipinski definition) is 1. The van der Waals surface area contributed by atoms with Crippen molar-refractivity contribution in [2.24, 2.45) is 0 Å². The third kappa shape index (κ3) is 5.68. The van der Waals surface area contributed by atoms with E-state index in [0.29, 0.717) is 0 Å². The zero-order valence-electron chi connectivity index (χ0n) is 17.6. The molecule has 29 heavy (non-hydrogen) atoms. The van der Waals surface area contributed by atoms with E-state index < -0.39 is 0 Å². The number of hydrogen-bond donors (Lipinski definition) is 0. The van der Waals surface area contributed by atoms with E-state index in [2.05, 4.69) is 109 Å². The fourth-order valence-corrected chi connectivity index (χ4v) is 3.81. The molecule has 0 amide bonds. The van der Waals surface area contributed by atoms with Gasteiger partial charge in [0.05, 0.1) is 0 Å². The molecule has 3 heteroatoms. The van der Waals surface area contributed by atoms with Crippen LogP contribution in [0.1, 0.15) is 36.5 Å². The van der Waals surface area contributed by atoms with Gasteiger partial charge >= 0.3 is 0 Å². The molecule has 150 valence electrons. The van der Waals surface area contributed by atoms with Crippen LogP contribution in [0.15, 0.2) is 78.9 Å². The normalized spacial score (nSPS) is 10.6. The molecule has 0 aromatic heterocycles. The van der Waals surface area contributed by atoms with Crippen LogP contribution in [0.3, 0.4) is 0 Å². The first kappa shape index (κ1) is 21.1. The van der Waals surface area contributed by atoms with Crippen LogP contribution in [-0.2, 0) is 6.54 Å². The number of unbranched alkanes of at least 4 members (excludes halogenated alkanes) is 1. The molecule has 0 spiro atoms. The Hall–Kier alpha value is -2.65. The van der Waals surface area contributed by atoms with E-state index in [1.165, 1.54) is 16.7 Å². The predicted molar refractivity (Wildman–Crippen MR) is 129 cm³/mol. The first-order chi connectivity index (χ1) is 14.1. The molecule has 0 aliphatic carbocycles. The number of aryl methyl sites for hydroxylation is 2. The molecule has 0 N–H and O–H groups in total. The lowest BCUT2D eigenvalue weighted by Crippen LogP contribution is -2.41. The maximum absolute atomic E-state index is 6.11. The summed E-state index contributed by atoms with van der Waals surface area (Å²) in [5.41, 5.74) is 5.95. The Kier molecular flexibility index (Phi) is 7.42. The SMILES string of the molecule is CCCCN(Cc1ccccc1)C(=S)N(c1cccc(C)c1)c1cccc(C)c1. The van der Waals surface area contributed by atoms with Crippen molar-refractivity contribution in [1.82, 2.24) is 4.90 Å². The van der Waals surface area contributed by atoms with E-state index in [-0.39, 0.29) is 0 Å². The molecule has 2 nitrogen and oxygen atoms in total. The van der Waals surface area contributed by atoms with Crippen molar-refractivity contribution in [3.63, 3.8) is 0 Å². The van der Waals surface area contributed by atoms with Gasteiger partial charge in [-0.3, -0.25) is 4.90 Å². The first-order valence-corrected chi connectivity index (χ1v) is 10.8. The molecular weight excluding hydrogens is 372 g/mol. The largest absolute Gasteiger partial charge is 0.344 e. The molecule has 0 bridgehead atoms. The van der Waals surface area contributed by atoms with Crippen LogP contribution in [0.2, 0.25) is 0 Å². The third-order valence-electron chi connectivity index (χ3n) is 4.98. The number of thiocarbonyl (C=S) groups is 1. The monoisotopic (exact) mass is 402 g/mol. The molecule has 0 aliphatic heterocycles. The average molecular weight is 403 g/mol. The molecule has 0 fully saturated rings. The minimum absolute atomic E-state index is 0.813. The van der Waals surface area contributed by atoms with Gasteiger partial charge in [0.15, 0.2) is 5.11 Å². The van der Waals surface area contributed by atoms with Crippen molar-refractivity contribution >= 4 is 28.7 Å². The predicted octanol–water partition coefficient (Wildman–Crippen LogP) is 7.03. The summed E-state index contributed by atoms with van der Waals surface area (Å²) in [5.74, 6) is 0. The molecule has 3 aromatic rings. The molecular formula is C26H30N2S. The van der Waals surface area contributed by atoms with E-state index in [1.807, 2.05) is 0 Å². The smallest absolute Gasteiger partial charge is 0.181 e. The topological polar surface area (TPSA) is 6.48 Å². The zero-order chi connectivity index (χ0) is 20.6. The standard InChI is InChI=1S/C26H30N2S/c1-4-5-17-27(20-23-13-7-6-8-14-23)26(29)28(24-15-9-11-21(2)18-24)25-16-10-12-22(3)19-25/h6-16,18-19H,4-5,17,20H2,1-3H3. The van der Waals surface area contributed by atoms with Gasteiger partial charge in [-0.15, -0.1) is 0 Å². The summed E-state index contributed by atoms with van der Waals surface area (Å²) in [6.45, 7) is 8.23. The molecule has 0 saturated heterocycles. The lowest BCUT2D eigenvalue weighted by molar-refractivity contribution is 0.404. The van der Waals surface area contributed by atoms with Crippen molar-refractivity contribution in [2.45, 2.75) is 40.2 Å². The minimum Gasteiger partial charge on any atom is -0.344 e. The summed E-state index contributed by atoms with van der Waals surface area (Å²) in [6, 6.07) is 27.7. The van der Waals surface area contributed by atoms with E-state index in [4.69, 9.17) is 12.2 Å². The van der Waals surface area contributed by atoms with E-state index in [9.17, 15) is 0 Å². The van der Waals surface area contributed by atoms with Crippen molar-refractivity contribution in [1.29, 1.82) is 0 Å². The van der Waals surface area contributed by atoms with Crippen LogP contribution in [0.4, 0.5) is 11.4 Å². The maximum atomic E-state index is 6.11. The summed E-state index contributed by atoms with van der Waals surface area (Å²) in [6.07, 6.45) is 2.26. The number of rotatable bonds is 7. The van der Waals surface area contributed by atoms with Gasteiger partial charge in [0.2, 0.25) is 0 Å². The molecule has 3 rings (SSSR count). The molecule has 0 heterocycles. The van der Waals surface area contributed by atoms with Gasteiger partial charge < -0.3 is 4.90 Å². The molecule has 0 radical (unpaired) electrons. The zero-order valence-corrected chi connectivity index (χ0v) is 18.5. The summed E-state index contributed by atoms with van der Waals surface area (Å²) >= 11 is 6.11. The lowest BCUT2D eigenvalue weighted by Gasteiger charge is -2.34. The van der Waals surface area contributed by atoms with Crippen molar-refractivity contribution < 1.29 is 0 Å². The summed E-state index contributed by atoms with van der Waals surface area (Å²) in [4.78, 5) is 4.55. The Morgan fingerprint density at radius 3 is 1.90 bits per heavy atom. The van der Waals surface area contributed by atoms with E-state index >= 15 is 0 Å². The van der Waals surface area contributed by atoms with Crippen molar-refractivity contribution in [3.8, 4) is 0 Å². The third-order valence-corrected chi connectivity index (χ3v) is 5.42. The van der Waals surface area contributed by atoms with Gasteiger partial charge in [0, 0.05) is 24.5 Å². The van der Waals surface area contributed by atoms with Crippen LogP contribution in [0, 0.1) is 13.8 Å². The van der Waals surface area contributed by atoms with Crippen LogP contribution >= 0.6 is 12.2 Å². The van der Waals surface area contributed by atoms with Crippen molar-refractivity contribution in [3.05, 3.63) is 95.6 Å². The highest BCUT2D eigenvalue weighted by molar-refractivity contribution is 7.80. The van der Waals surface area contributed by atoms with Gasteiger partial charge in [0.25, 0.3) is 0 Å². The fraction of sp³-hybridized carbons (Fsp3) is 0.269. The lowest BCUT2D eigenvalue weighted by atomic mass is 10.1. The average Bonchev–Trinajstić information content (AvgIpc) is 2.72. The summed E-state index contributed by atoms with van der Waals surface area (Å²) in [7, 11) is 0. The highest BCUT2D eigenvalue weighted by Gasteiger charge is 2.21. The number of benzene rings is 3. The molecule has 0 unspecified atom stereocenters. The van der Waals surface area contributed by atoms with Gasteiger partial charge in [-0.2, -0.15) is 0 Å².